The number of rotatable bonds is 4. The molecule has 0 N–H and O–H groups in total. The van der Waals surface area contributed by atoms with Crippen LogP contribution in [0.3, 0.4) is 0 Å². The smallest absolute Gasteiger partial charge is 0.328 e. The molecule has 0 aliphatic carbocycles. The predicted molar refractivity (Wildman–Crippen MR) is 98.0 cm³/mol. The summed E-state index contributed by atoms with van der Waals surface area (Å²) in [4.78, 5) is 24.9. The van der Waals surface area contributed by atoms with E-state index in [-0.39, 0.29) is 31.6 Å². The van der Waals surface area contributed by atoms with Crippen molar-refractivity contribution in [1.82, 2.24) is 0 Å². The maximum atomic E-state index is 12.4. The van der Waals surface area contributed by atoms with E-state index in [0.717, 1.165) is 0 Å². The first-order valence-corrected chi connectivity index (χ1v) is 8.48. The van der Waals surface area contributed by atoms with E-state index in [2.05, 4.69) is 0 Å². The maximum absolute atomic E-state index is 12.4. The number of para-hydroxylation sites is 2. The van der Waals surface area contributed by atoms with Crippen molar-refractivity contribution in [3.05, 3.63) is 56.5 Å². The number of hydrogen-bond donors (Lipinski definition) is 0. The minimum absolute atomic E-state index is 0.0347. The standard InChI is InChI=1S/C17H12Cl4O4/c1-17(2,15(22)24-13-9(18)5-3-6-10(13)19)16(23)25-14-11(20)7-4-8-12(14)21/h3-8H,1-2H3. The molecular weight excluding hydrogens is 410 g/mol. The van der Waals surface area contributed by atoms with Crippen molar-refractivity contribution in [2.45, 2.75) is 13.8 Å². The molecule has 4 nitrogen and oxygen atoms in total. The molecule has 0 unspecified atom stereocenters. The molecular formula is C17H12Cl4O4. The minimum atomic E-state index is -1.66. The van der Waals surface area contributed by atoms with Gasteiger partial charge in [0.25, 0.3) is 0 Å². The van der Waals surface area contributed by atoms with Gasteiger partial charge in [0.15, 0.2) is 16.9 Å². The van der Waals surface area contributed by atoms with Crippen LogP contribution in [0.1, 0.15) is 13.8 Å². The van der Waals surface area contributed by atoms with E-state index in [1.807, 2.05) is 0 Å². The van der Waals surface area contributed by atoms with Gasteiger partial charge in [0, 0.05) is 0 Å². The van der Waals surface area contributed by atoms with Gasteiger partial charge in [-0.15, -0.1) is 0 Å². The SMILES string of the molecule is CC(C)(C(=O)Oc1c(Cl)cccc1Cl)C(=O)Oc1c(Cl)cccc1Cl. The maximum Gasteiger partial charge on any atom is 0.328 e. The van der Waals surface area contributed by atoms with E-state index in [4.69, 9.17) is 55.9 Å². The molecule has 0 fully saturated rings. The normalized spacial score (nSPS) is 11.1. The van der Waals surface area contributed by atoms with Crippen molar-refractivity contribution in [3.63, 3.8) is 0 Å². The summed E-state index contributed by atoms with van der Waals surface area (Å²) in [6.07, 6.45) is 0. The largest absolute Gasteiger partial charge is 0.422 e. The summed E-state index contributed by atoms with van der Waals surface area (Å²) in [5.41, 5.74) is -1.66. The Labute approximate surface area is 164 Å². The molecule has 2 aromatic rings. The molecule has 132 valence electrons. The van der Waals surface area contributed by atoms with Gasteiger partial charge >= 0.3 is 11.9 Å². The number of hydrogen-bond acceptors (Lipinski definition) is 4. The van der Waals surface area contributed by atoms with Crippen LogP contribution in [0.4, 0.5) is 0 Å². The molecule has 2 aromatic carbocycles. The van der Waals surface area contributed by atoms with Crippen molar-refractivity contribution >= 4 is 58.3 Å². The number of carbonyl (C=O) groups excluding carboxylic acids is 2. The molecule has 0 saturated carbocycles. The summed E-state index contributed by atoms with van der Waals surface area (Å²) in [5, 5.41) is 0.552. The van der Waals surface area contributed by atoms with E-state index < -0.39 is 17.4 Å². The van der Waals surface area contributed by atoms with Gasteiger partial charge in [-0.3, -0.25) is 9.59 Å². The Bertz CT molecular complexity index is 725. The fourth-order valence-corrected chi connectivity index (χ4v) is 2.63. The van der Waals surface area contributed by atoms with Crippen molar-refractivity contribution < 1.29 is 19.1 Å². The van der Waals surface area contributed by atoms with Gasteiger partial charge in [-0.25, -0.2) is 0 Å². The second-order valence-corrected chi connectivity index (χ2v) is 7.13. The van der Waals surface area contributed by atoms with E-state index in [1.54, 1.807) is 12.1 Å². The highest BCUT2D eigenvalue weighted by atomic mass is 35.5. The van der Waals surface area contributed by atoms with Crippen LogP contribution < -0.4 is 9.47 Å². The summed E-state index contributed by atoms with van der Waals surface area (Å²) in [6.45, 7) is 2.68. The summed E-state index contributed by atoms with van der Waals surface area (Å²) in [7, 11) is 0. The zero-order valence-corrected chi connectivity index (χ0v) is 16.1. The van der Waals surface area contributed by atoms with Crippen LogP contribution in [0.5, 0.6) is 11.5 Å². The highest BCUT2D eigenvalue weighted by molar-refractivity contribution is 6.38. The van der Waals surface area contributed by atoms with Gasteiger partial charge in [0.1, 0.15) is 0 Å². The Balaban J connectivity index is 2.22. The first-order chi connectivity index (χ1) is 11.6. The fraction of sp³-hybridized carbons (Fsp3) is 0.176. The lowest BCUT2D eigenvalue weighted by molar-refractivity contribution is -0.158. The zero-order valence-electron chi connectivity index (χ0n) is 13.1. The molecule has 0 radical (unpaired) electrons. The van der Waals surface area contributed by atoms with Gasteiger partial charge in [-0.1, -0.05) is 58.5 Å². The van der Waals surface area contributed by atoms with E-state index in [0.29, 0.717) is 0 Å². The van der Waals surface area contributed by atoms with Crippen LogP contribution in [0.2, 0.25) is 20.1 Å². The number of ether oxygens (including phenoxy) is 2. The molecule has 0 atom stereocenters. The molecule has 0 spiro atoms. The topological polar surface area (TPSA) is 52.6 Å². The summed E-state index contributed by atoms with van der Waals surface area (Å²) in [6, 6.07) is 9.22. The van der Waals surface area contributed by atoms with Crippen LogP contribution in [0.25, 0.3) is 0 Å². The summed E-state index contributed by atoms with van der Waals surface area (Å²) < 4.78 is 10.4. The highest BCUT2D eigenvalue weighted by Gasteiger charge is 2.41. The molecule has 8 heteroatoms. The third kappa shape index (κ3) is 4.39. The Morgan fingerprint density at radius 3 is 1.28 bits per heavy atom. The summed E-state index contributed by atoms with van der Waals surface area (Å²) in [5.74, 6) is -1.86. The molecule has 0 aliphatic rings. The number of esters is 2. The molecule has 0 heterocycles. The van der Waals surface area contributed by atoms with Crippen LogP contribution in [0.15, 0.2) is 36.4 Å². The lowest BCUT2D eigenvalue weighted by Gasteiger charge is -2.21. The van der Waals surface area contributed by atoms with Crippen molar-refractivity contribution in [1.29, 1.82) is 0 Å². The average Bonchev–Trinajstić information content (AvgIpc) is 2.54. The van der Waals surface area contributed by atoms with Gasteiger partial charge in [0.2, 0.25) is 0 Å². The second kappa shape index (κ2) is 7.83. The number of carbonyl (C=O) groups is 2. The van der Waals surface area contributed by atoms with E-state index in [9.17, 15) is 9.59 Å². The van der Waals surface area contributed by atoms with Crippen LogP contribution >= 0.6 is 46.4 Å². The minimum Gasteiger partial charge on any atom is -0.422 e. The van der Waals surface area contributed by atoms with Crippen molar-refractivity contribution in [3.8, 4) is 11.5 Å². The van der Waals surface area contributed by atoms with Gasteiger partial charge in [-0.05, 0) is 38.1 Å². The molecule has 25 heavy (non-hydrogen) atoms. The van der Waals surface area contributed by atoms with Crippen LogP contribution in [0, 0.1) is 5.41 Å². The molecule has 0 aromatic heterocycles. The van der Waals surface area contributed by atoms with E-state index in [1.165, 1.54) is 38.1 Å². The Morgan fingerprint density at radius 2 is 1.00 bits per heavy atom. The Kier molecular flexibility index (Phi) is 6.22. The molecule has 0 aliphatic heterocycles. The summed E-state index contributed by atoms with van der Waals surface area (Å²) >= 11 is 23.8. The number of halogens is 4. The van der Waals surface area contributed by atoms with Crippen LogP contribution in [-0.2, 0) is 9.59 Å². The third-order valence-electron chi connectivity index (χ3n) is 3.25. The molecule has 0 bridgehead atoms. The second-order valence-electron chi connectivity index (χ2n) is 5.51. The Morgan fingerprint density at radius 1 is 0.720 bits per heavy atom. The first-order valence-electron chi connectivity index (χ1n) is 6.97. The molecule has 0 amide bonds. The van der Waals surface area contributed by atoms with Crippen LogP contribution in [-0.4, -0.2) is 11.9 Å². The van der Waals surface area contributed by atoms with Gasteiger partial charge < -0.3 is 9.47 Å². The fourth-order valence-electron chi connectivity index (χ4n) is 1.68. The predicted octanol–water partition coefficient (Wildman–Crippen LogP) is 5.84. The van der Waals surface area contributed by atoms with Crippen molar-refractivity contribution in [2.75, 3.05) is 0 Å². The van der Waals surface area contributed by atoms with Gasteiger partial charge in [-0.2, -0.15) is 0 Å². The molecule has 2 rings (SSSR count). The van der Waals surface area contributed by atoms with Crippen molar-refractivity contribution in [2.24, 2.45) is 5.41 Å². The average molecular weight is 422 g/mol. The third-order valence-corrected chi connectivity index (χ3v) is 4.44. The van der Waals surface area contributed by atoms with Gasteiger partial charge in [0.05, 0.1) is 20.1 Å². The monoisotopic (exact) mass is 420 g/mol. The molecule has 0 saturated heterocycles. The highest BCUT2D eigenvalue weighted by Crippen LogP contribution is 2.36. The quantitative estimate of drug-likeness (QED) is 0.353. The first kappa shape index (κ1) is 19.9. The Hall–Kier alpha value is -1.46. The van der Waals surface area contributed by atoms with E-state index >= 15 is 0 Å². The number of benzene rings is 2. The zero-order chi connectivity index (χ0) is 18.8. The lowest BCUT2D eigenvalue weighted by Crippen LogP contribution is -2.39. The lowest BCUT2D eigenvalue weighted by atomic mass is 9.94.